The molecule has 5 nitrogen and oxygen atoms in total. The minimum Gasteiger partial charge on any atom is -0.339 e. The Kier molecular flexibility index (Phi) is 4.48. The molecule has 6 heteroatoms. The van der Waals surface area contributed by atoms with Gasteiger partial charge in [0.25, 0.3) is 5.91 Å². The van der Waals surface area contributed by atoms with E-state index in [0.29, 0.717) is 38.2 Å². The Morgan fingerprint density at radius 1 is 1.09 bits per heavy atom. The van der Waals surface area contributed by atoms with E-state index in [1.807, 2.05) is 22.4 Å². The number of hydrogen-bond acceptors (Lipinski definition) is 4. The van der Waals surface area contributed by atoms with Crippen molar-refractivity contribution < 1.29 is 9.59 Å². The molecule has 0 saturated carbocycles. The highest BCUT2D eigenvalue weighted by atomic mass is 32.1. The normalized spacial score (nSPS) is 14.9. The van der Waals surface area contributed by atoms with Crippen LogP contribution in [0.15, 0.2) is 42.0 Å². The maximum atomic E-state index is 12.3. The molecule has 1 aliphatic heterocycles. The molecule has 114 valence electrons. The van der Waals surface area contributed by atoms with Gasteiger partial charge in [0.15, 0.2) is 0 Å². The van der Waals surface area contributed by atoms with E-state index in [2.05, 4.69) is 4.98 Å². The molecule has 0 aromatic carbocycles. The minimum absolute atomic E-state index is 0.0153. The Morgan fingerprint density at radius 3 is 2.50 bits per heavy atom. The van der Waals surface area contributed by atoms with Crippen LogP contribution >= 0.6 is 11.3 Å². The highest BCUT2D eigenvalue weighted by Gasteiger charge is 2.24. The largest absolute Gasteiger partial charge is 0.339 e. The molecule has 1 aliphatic rings. The lowest BCUT2D eigenvalue weighted by Crippen LogP contribution is -2.51. The molecular weight excluding hydrogens is 298 g/mol. The molecule has 0 spiro atoms. The van der Waals surface area contributed by atoms with Crippen LogP contribution in [0, 0.1) is 0 Å². The number of carbonyl (C=O) groups is 2. The number of piperazine rings is 1. The lowest BCUT2D eigenvalue weighted by atomic mass is 10.2. The molecule has 1 fully saturated rings. The molecule has 2 aromatic heterocycles. The fourth-order valence-electron chi connectivity index (χ4n) is 2.50. The summed E-state index contributed by atoms with van der Waals surface area (Å²) in [6, 6.07) is 7.46. The van der Waals surface area contributed by atoms with Gasteiger partial charge in [-0.3, -0.25) is 14.6 Å². The van der Waals surface area contributed by atoms with E-state index in [0.717, 1.165) is 4.88 Å². The third kappa shape index (κ3) is 3.33. The van der Waals surface area contributed by atoms with Gasteiger partial charge in [0.2, 0.25) is 5.91 Å². The van der Waals surface area contributed by atoms with Crippen LogP contribution in [0.2, 0.25) is 0 Å². The average Bonchev–Trinajstić information content (AvgIpc) is 3.08. The Morgan fingerprint density at radius 2 is 1.86 bits per heavy atom. The molecule has 0 bridgehead atoms. The van der Waals surface area contributed by atoms with Crippen LogP contribution in [0.25, 0.3) is 0 Å². The fourth-order valence-corrected chi connectivity index (χ4v) is 3.20. The lowest BCUT2D eigenvalue weighted by molar-refractivity contribution is -0.131. The van der Waals surface area contributed by atoms with Crippen molar-refractivity contribution in [2.75, 3.05) is 26.2 Å². The van der Waals surface area contributed by atoms with E-state index in [-0.39, 0.29) is 11.8 Å². The first kappa shape index (κ1) is 14.7. The zero-order valence-corrected chi connectivity index (χ0v) is 13.0. The van der Waals surface area contributed by atoms with Crippen LogP contribution < -0.4 is 0 Å². The van der Waals surface area contributed by atoms with Gasteiger partial charge in [0.05, 0.1) is 12.0 Å². The summed E-state index contributed by atoms with van der Waals surface area (Å²) in [7, 11) is 0. The van der Waals surface area contributed by atoms with Gasteiger partial charge in [-0.05, 0) is 23.6 Å². The minimum atomic E-state index is -0.0153. The van der Waals surface area contributed by atoms with Crippen molar-refractivity contribution in [2.45, 2.75) is 6.42 Å². The molecule has 3 rings (SSSR count). The van der Waals surface area contributed by atoms with Gasteiger partial charge in [-0.15, -0.1) is 11.3 Å². The summed E-state index contributed by atoms with van der Waals surface area (Å²) >= 11 is 1.60. The molecule has 2 amide bonds. The van der Waals surface area contributed by atoms with Gasteiger partial charge in [-0.25, -0.2) is 0 Å². The second-order valence-electron chi connectivity index (χ2n) is 5.17. The van der Waals surface area contributed by atoms with E-state index in [4.69, 9.17) is 0 Å². The fraction of sp³-hybridized carbons (Fsp3) is 0.312. The first-order chi connectivity index (χ1) is 10.7. The van der Waals surface area contributed by atoms with Gasteiger partial charge in [0, 0.05) is 43.4 Å². The van der Waals surface area contributed by atoms with Crippen LogP contribution in [0.5, 0.6) is 0 Å². The molecule has 0 atom stereocenters. The molecule has 22 heavy (non-hydrogen) atoms. The number of thiophene rings is 1. The highest BCUT2D eigenvalue weighted by molar-refractivity contribution is 7.10. The van der Waals surface area contributed by atoms with E-state index < -0.39 is 0 Å². The number of nitrogens with zero attached hydrogens (tertiary/aromatic N) is 3. The topological polar surface area (TPSA) is 53.5 Å². The Balaban J connectivity index is 1.54. The third-order valence-corrected chi connectivity index (χ3v) is 4.61. The van der Waals surface area contributed by atoms with Gasteiger partial charge < -0.3 is 9.80 Å². The zero-order chi connectivity index (χ0) is 15.4. The standard InChI is InChI=1S/C16H17N3O2S/c20-15(11-14-4-2-10-22-14)18-6-8-19(9-7-18)16(21)13-3-1-5-17-12-13/h1-5,10,12H,6-9,11H2. The number of aromatic nitrogens is 1. The first-order valence-corrected chi connectivity index (χ1v) is 8.11. The molecular formula is C16H17N3O2S. The predicted octanol–water partition coefficient (Wildman–Crippen LogP) is 1.67. The molecule has 0 unspecified atom stereocenters. The summed E-state index contributed by atoms with van der Waals surface area (Å²) in [5, 5.41) is 1.98. The second-order valence-corrected chi connectivity index (χ2v) is 6.20. The van der Waals surface area contributed by atoms with Crippen molar-refractivity contribution >= 4 is 23.2 Å². The Bertz CT molecular complexity index is 635. The van der Waals surface area contributed by atoms with Crippen LogP contribution in [0.1, 0.15) is 15.2 Å². The van der Waals surface area contributed by atoms with Crippen LogP contribution in [-0.2, 0) is 11.2 Å². The van der Waals surface area contributed by atoms with Crippen molar-refractivity contribution in [3.63, 3.8) is 0 Å². The Labute approximate surface area is 133 Å². The van der Waals surface area contributed by atoms with Crippen molar-refractivity contribution in [3.8, 4) is 0 Å². The SMILES string of the molecule is O=C(Cc1cccs1)N1CCN(C(=O)c2cccnc2)CC1. The van der Waals surface area contributed by atoms with Gasteiger partial charge in [0.1, 0.15) is 0 Å². The van der Waals surface area contributed by atoms with Crippen molar-refractivity contribution in [1.29, 1.82) is 0 Å². The van der Waals surface area contributed by atoms with Crippen molar-refractivity contribution in [2.24, 2.45) is 0 Å². The third-order valence-electron chi connectivity index (χ3n) is 3.73. The second kappa shape index (κ2) is 6.70. The van der Waals surface area contributed by atoms with Gasteiger partial charge in [-0.1, -0.05) is 6.07 Å². The molecule has 2 aromatic rings. The summed E-state index contributed by atoms with van der Waals surface area (Å²) in [5.41, 5.74) is 0.598. The Hall–Kier alpha value is -2.21. The zero-order valence-electron chi connectivity index (χ0n) is 12.1. The summed E-state index contributed by atoms with van der Waals surface area (Å²) in [5.74, 6) is 0.120. The average molecular weight is 315 g/mol. The van der Waals surface area contributed by atoms with Gasteiger partial charge >= 0.3 is 0 Å². The van der Waals surface area contributed by atoms with E-state index in [1.165, 1.54) is 0 Å². The number of rotatable bonds is 3. The highest BCUT2D eigenvalue weighted by Crippen LogP contribution is 2.13. The number of carbonyl (C=O) groups excluding carboxylic acids is 2. The molecule has 1 saturated heterocycles. The van der Waals surface area contributed by atoms with Crippen LogP contribution in [0.3, 0.4) is 0 Å². The van der Waals surface area contributed by atoms with Gasteiger partial charge in [-0.2, -0.15) is 0 Å². The summed E-state index contributed by atoms with van der Waals surface area (Å²) in [6.45, 7) is 2.33. The van der Waals surface area contributed by atoms with E-state index in [1.54, 1.807) is 40.8 Å². The molecule has 3 heterocycles. The smallest absolute Gasteiger partial charge is 0.255 e. The van der Waals surface area contributed by atoms with Crippen molar-refractivity contribution in [3.05, 3.63) is 52.5 Å². The summed E-state index contributed by atoms with van der Waals surface area (Å²) < 4.78 is 0. The first-order valence-electron chi connectivity index (χ1n) is 7.23. The monoisotopic (exact) mass is 315 g/mol. The molecule has 0 radical (unpaired) electrons. The van der Waals surface area contributed by atoms with Crippen molar-refractivity contribution in [1.82, 2.24) is 14.8 Å². The summed E-state index contributed by atoms with van der Waals surface area (Å²) in [6.07, 6.45) is 3.68. The van der Waals surface area contributed by atoms with E-state index in [9.17, 15) is 9.59 Å². The maximum Gasteiger partial charge on any atom is 0.255 e. The summed E-state index contributed by atoms with van der Waals surface area (Å²) in [4.78, 5) is 33.2. The van der Waals surface area contributed by atoms with Crippen LogP contribution in [0.4, 0.5) is 0 Å². The van der Waals surface area contributed by atoms with E-state index >= 15 is 0 Å². The number of amides is 2. The number of pyridine rings is 1. The lowest BCUT2D eigenvalue weighted by Gasteiger charge is -2.34. The molecule has 0 aliphatic carbocycles. The number of hydrogen-bond donors (Lipinski definition) is 0. The molecule has 0 N–H and O–H groups in total. The van der Waals surface area contributed by atoms with Crippen LogP contribution in [-0.4, -0.2) is 52.8 Å². The predicted molar refractivity (Wildman–Crippen MR) is 84.7 cm³/mol. The quantitative estimate of drug-likeness (QED) is 0.866. The maximum absolute atomic E-state index is 12.3.